The van der Waals surface area contributed by atoms with Crippen LogP contribution in [-0.2, 0) is 16.6 Å². The number of aromatic nitrogens is 1. The average molecular weight is 513 g/mol. The second-order valence-corrected chi connectivity index (χ2v) is 10.9. The third-order valence-electron chi connectivity index (χ3n) is 5.74. The largest absolute Gasteiger partial charge is 0.369 e. The minimum Gasteiger partial charge on any atom is -0.369 e. The van der Waals surface area contributed by atoms with Gasteiger partial charge in [-0.2, -0.15) is 0 Å². The summed E-state index contributed by atoms with van der Waals surface area (Å²) in [6, 6.07) is 7.49. The molecular weight excluding hydrogens is 490 g/mol. The fraction of sp³-hybridized carbons (Fsp3) is 0.318. The van der Waals surface area contributed by atoms with Crippen molar-refractivity contribution in [2.24, 2.45) is 0 Å². The van der Waals surface area contributed by atoms with Crippen molar-refractivity contribution < 1.29 is 17.2 Å². The lowest BCUT2D eigenvalue weighted by Gasteiger charge is -2.28. The zero-order chi connectivity index (χ0) is 23.8. The first kappa shape index (κ1) is 23.9. The number of thiazole rings is 1. The van der Waals surface area contributed by atoms with E-state index >= 15 is 0 Å². The minimum absolute atomic E-state index is 0.0194. The Morgan fingerprint density at radius 1 is 1.27 bits per heavy atom. The van der Waals surface area contributed by atoms with Crippen LogP contribution in [0.15, 0.2) is 46.1 Å². The van der Waals surface area contributed by atoms with Crippen LogP contribution in [-0.4, -0.2) is 44.5 Å². The molecule has 2 aromatic carbocycles. The lowest BCUT2D eigenvalue weighted by Crippen LogP contribution is -2.34. The van der Waals surface area contributed by atoms with E-state index in [1.807, 2.05) is 17.9 Å². The van der Waals surface area contributed by atoms with Gasteiger partial charge in [-0.3, -0.25) is 9.62 Å². The molecule has 0 aliphatic carbocycles. The number of sulfonamides is 1. The van der Waals surface area contributed by atoms with Gasteiger partial charge in [-0.1, -0.05) is 23.7 Å². The maximum Gasteiger partial charge on any atom is 0.266 e. The highest BCUT2D eigenvalue weighted by Gasteiger charge is 2.29. The first-order chi connectivity index (χ1) is 15.6. The zero-order valence-corrected chi connectivity index (χ0v) is 20.4. The van der Waals surface area contributed by atoms with E-state index in [0.29, 0.717) is 24.3 Å². The summed E-state index contributed by atoms with van der Waals surface area (Å²) < 4.78 is 56.5. The van der Waals surface area contributed by atoms with E-state index < -0.39 is 20.7 Å². The highest BCUT2D eigenvalue weighted by Crippen LogP contribution is 2.33. The van der Waals surface area contributed by atoms with Crippen LogP contribution in [0.25, 0.3) is 0 Å². The predicted octanol–water partition coefficient (Wildman–Crippen LogP) is 4.89. The molecule has 1 unspecified atom stereocenters. The number of hydrogen-bond donors (Lipinski definition) is 1. The van der Waals surface area contributed by atoms with E-state index in [4.69, 9.17) is 11.6 Å². The fourth-order valence-corrected chi connectivity index (χ4v) is 5.95. The van der Waals surface area contributed by atoms with Crippen LogP contribution in [0, 0.1) is 18.6 Å². The average Bonchev–Trinajstić information content (AvgIpc) is 3.43. The Bertz CT molecular complexity index is 1260. The van der Waals surface area contributed by atoms with E-state index in [-0.39, 0.29) is 22.7 Å². The molecule has 0 bridgehead atoms. The van der Waals surface area contributed by atoms with Gasteiger partial charge in [-0.15, -0.1) is 11.3 Å². The topological polar surface area (TPSA) is 65.5 Å². The summed E-state index contributed by atoms with van der Waals surface area (Å²) in [5.41, 5.74) is 3.38. The smallest absolute Gasteiger partial charge is 0.266 e. The van der Waals surface area contributed by atoms with Gasteiger partial charge in [-0.05, 0) is 31.0 Å². The van der Waals surface area contributed by atoms with E-state index in [2.05, 4.69) is 14.6 Å². The van der Waals surface area contributed by atoms with Crippen molar-refractivity contribution in [1.29, 1.82) is 0 Å². The van der Waals surface area contributed by atoms with Gasteiger partial charge in [0.1, 0.15) is 16.5 Å². The number of hydrogen-bond acceptors (Lipinski definition) is 6. The quantitative estimate of drug-likeness (QED) is 0.488. The second kappa shape index (κ2) is 9.54. The normalized spacial score (nSPS) is 16.8. The van der Waals surface area contributed by atoms with Crippen molar-refractivity contribution in [3.8, 4) is 0 Å². The number of halogens is 3. The van der Waals surface area contributed by atoms with Crippen molar-refractivity contribution in [2.45, 2.75) is 30.8 Å². The van der Waals surface area contributed by atoms with Crippen LogP contribution < -0.4 is 9.62 Å². The molecule has 1 aromatic heterocycles. The third kappa shape index (κ3) is 5.29. The van der Waals surface area contributed by atoms with E-state index in [1.54, 1.807) is 13.1 Å². The van der Waals surface area contributed by atoms with Crippen LogP contribution in [0.5, 0.6) is 0 Å². The molecule has 0 amide bonds. The van der Waals surface area contributed by atoms with Crippen LogP contribution >= 0.6 is 22.9 Å². The van der Waals surface area contributed by atoms with E-state index in [0.717, 1.165) is 30.7 Å². The van der Waals surface area contributed by atoms with E-state index in [9.17, 15) is 17.2 Å². The number of nitrogens with one attached hydrogen (secondary N) is 1. The molecule has 2 heterocycles. The molecule has 1 aliphatic rings. The molecule has 33 heavy (non-hydrogen) atoms. The van der Waals surface area contributed by atoms with Gasteiger partial charge in [0.15, 0.2) is 5.82 Å². The molecule has 1 saturated heterocycles. The Kier molecular flexibility index (Phi) is 6.90. The minimum atomic E-state index is -4.18. The SMILES string of the molecule is Cc1ccc(CN2CCC(N(C)c3cc(F)c(S(=O)(=O)Nc4cscn4)cc3Cl)C2)c(F)c1. The third-order valence-corrected chi connectivity index (χ3v) is 8.00. The predicted molar refractivity (Wildman–Crippen MR) is 128 cm³/mol. The van der Waals surface area contributed by atoms with Gasteiger partial charge in [0, 0.05) is 49.7 Å². The lowest BCUT2D eigenvalue weighted by molar-refractivity contribution is 0.320. The molecule has 0 radical (unpaired) electrons. The van der Waals surface area contributed by atoms with Gasteiger partial charge < -0.3 is 4.90 Å². The molecule has 176 valence electrons. The van der Waals surface area contributed by atoms with Gasteiger partial charge in [0.25, 0.3) is 10.0 Å². The first-order valence-corrected chi connectivity index (χ1v) is 13.0. The van der Waals surface area contributed by atoms with Gasteiger partial charge in [0.05, 0.1) is 16.2 Å². The monoisotopic (exact) mass is 512 g/mol. The molecule has 0 saturated carbocycles. The van der Waals surface area contributed by atoms with Crippen LogP contribution in [0.1, 0.15) is 17.5 Å². The Morgan fingerprint density at radius 3 is 2.76 bits per heavy atom. The molecule has 6 nitrogen and oxygen atoms in total. The van der Waals surface area contributed by atoms with E-state index in [1.165, 1.54) is 28.3 Å². The first-order valence-electron chi connectivity index (χ1n) is 10.2. The molecule has 1 aliphatic heterocycles. The molecular formula is C22H23ClF2N4O2S2. The van der Waals surface area contributed by atoms with Crippen LogP contribution in [0.2, 0.25) is 5.02 Å². The lowest BCUT2D eigenvalue weighted by atomic mass is 10.1. The number of nitrogens with zero attached hydrogens (tertiary/aromatic N) is 3. The van der Waals surface area contributed by atoms with Crippen molar-refractivity contribution in [1.82, 2.24) is 9.88 Å². The van der Waals surface area contributed by atoms with Crippen molar-refractivity contribution in [3.05, 3.63) is 69.0 Å². The Balaban J connectivity index is 1.48. The van der Waals surface area contributed by atoms with Crippen molar-refractivity contribution in [2.75, 3.05) is 29.8 Å². The number of likely N-dealkylation sites (N-methyl/N-ethyl adjacent to an activating group) is 1. The Labute approximate surface area is 200 Å². The Morgan fingerprint density at radius 2 is 2.06 bits per heavy atom. The summed E-state index contributed by atoms with van der Waals surface area (Å²) in [6.07, 6.45) is 0.785. The molecule has 4 rings (SSSR count). The molecule has 0 spiro atoms. The number of anilines is 2. The van der Waals surface area contributed by atoms with Gasteiger partial charge in [0.2, 0.25) is 0 Å². The summed E-state index contributed by atoms with van der Waals surface area (Å²) >= 11 is 7.60. The summed E-state index contributed by atoms with van der Waals surface area (Å²) in [5, 5.41) is 1.63. The standard InChI is InChI=1S/C22H23ClF2N4O2S2/c1-14-3-4-15(18(24)7-14)10-29-6-5-16(11-29)28(2)20-9-19(25)21(8-17(20)23)33(30,31)27-22-12-32-13-26-22/h3-4,7-9,12-13,16,27H,5-6,10-11H2,1-2H3. The number of rotatable bonds is 7. The van der Waals surface area contributed by atoms with Crippen molar-refractivity contribution in [3.63, 3.8) is 0 Å². The maximum absolute atomic E-state index is 14.9. The molecule has 3 aromatic rings. The number of likely N-dealkylation sites (tertiary alicyclic amines) is 1. The zero-order valence-electron chi connectivity index (χ0n) is 18.1. The molecule has 1 N–H and O–H groups in total. The fourth-order valence-electron chi connectivity index (χ4n) is 3.94. The molecule has 1 fully saturated rings. The summed E-state index contributed by atoms with van der Waals surface area (Å²) in [7, 11) is -2.38. The van der Waals surface area contributed by atoms with Crippen molar-refractivity contribution >= 4 is 44.5 Å². The summed E-state index contributed by atoms with van der Waals surface area (Å²) in [5.74, 6) is -1.01. The van der Waals surface area contributed by atoms with Crippen LogP contribution in [0.4, 0.5) is 20.3 Å². The summed E-state index contributed by atoms with van der Waals surface area (Å²) in [4.78, 5) is 7.30. The second-order valence-electron chi connectivity index (χ2n) is 8.10. The number of benzene rings is 2. The Hall–Kier alpha value is -2.27. The van der Waals surface area contributed by atoms with Gasteiger partial charge in [-0.25, -0.2) is 22.2 Å². The van der Waals surface area contributed by atoms with Crippen LogP contribution in [0.3, 0.4) is 0 Å². The highest BCUT2D eigenvalue weighted by molar-refractivity contribution is 7.92. The van der Waals surface area contributed by atoms with Gasteiger partial charge >= 0.3 is 0 Å². The molecule has 11 heteroatoms. The highest BCUT2D eigenvalue weighted by atomic mass is 35.5. The number of aryl methyl sites for hydroxylation is 1. The molecule has 1 atom stereocenters. The maximum atomic E-state index is 14.9. The summed E-state index contributed by atoms with van der Waals surface area (Å²) in [6.45, 7) is 3.74.